The van der Waals surface area contributed by atoms with Crippen LogP contribution < -0.4 is 68.4 Å². The summed E-state index contributed by atoms with van der Waals surface area (Å²) in [6.07, 6.45) is -0.356. The molecule has 0 atom stereocenters. The van der Waals surface area contributed by atoms with Gasteiger partial charge in [-0.15, -0.1) is 0 Å². The molecule has 0 aromatic heterocycles. The van der Waals surface area contributed by atoms with Crippen molar-refractivity contribution in [3.05, 3.63) is 0 Å². The Morgan fingerprint density at radius 2 is 1.00 bits per heavy atom. The molecule has 0 rings (SSSR count). The van der Waals surface area contributed by atoms with Gasteiger partial charge >= 0.3 is 66.6 Å². The molecule has 14 heavy (non-hydrogen) atoms. The average Bonchev–Trinajstić information content (AvgIpc) is 1.76. The van der Waals surface area contributed by atoms with E-state index in [1.165, 1.54) is 0 Å². The first kappa shape index (κ1) is 21.7. The van der Waals surface area contributed by atoms with E-state index in [4.69, 9.17) is 19.6 Å². The Bertz CT molecular complexity index is 200. The minimum Gasteiger partial charge on any atom is -1.00 e. The summed E-state index contributed by atoms with van der Waals surface area (Å²) in [5, 5.41) is 0. The Kier molecular flexibility index (Phi) is 14.6. The summed E-state index contributed by atoms with van der Waals surface area (Å²) < 4.78 is 20.5. The van der Waals surface area contributed by atoms with E-state index in [0.717, 1.165) is 0 Å². The second kappa shape index (κ2) is 9.45. The molecule has 0 aromatic carbocycles. The predicted octanol–water partition coefficient (Wildman–Crippen LogP) is -5.87. The molecule has 0 aliphatic heterocycles. The van der Waals surface area contributed by atoms with Crippen molar-refractivity contribution in [3.8, 4) is 0 Å². The van der Waals surface area contributed by atoms with Gasteiger partial charge in [-0.1, -0.05) is 0 Å². The molecule has 0 fully saturated rings. The SMILES string of the molecule is O=P(O)(O)CCCCP(=O)(O)O.[Br-].[K+]. The molecule has 0 aliphatic rings. The minimum atomic E-state index is -4.00. The van der Waals surface area contributed by atoms with Crippen LogP contribution in [0.15, 0.2) is 0 Å². The summed E-state index contributed by atoms with van der Waals surface area (Å²) in [6.45, 7) is 0. The first-order valence-electron chi connectivity index (χ1n) is 3.30. The van der Waals surface area contributed by atoms with Gasteiger partial charge in [-0.25, -0.2) is 0 Å². The van der Waals surface area contributed by atoms with Crippen LogP contribution in [0.3, 0.4) is 0 Å². The molecule has 0 aliphatic carbocycles. The van der Waals surface area contributed by atoms with Gasteiger partial charge in [0.25, 0.3) is 0 Å². The molecule has 6 nitrogen and oxygen atoms in total. The molecule has 0 saturated carbocycles. The molecule has 0 aromatic rings. The van der Waals surface area contributed by atoms with Crippen LogP contribution in [0.2, 0.25) is 0 Å². The van der Waals surface area contributed by atoms with E-state index in [9.17, 15) is 9.13 Å². The first-order chi connectivity index (χ1) is 5.21. The average molecular weight is 337 g/mol. The normalized spacial score (nSPS) is 11.4. The standard InChI is InChI=1S/C4H12O6P2.BrH.K/c5-11(6,7)3-1-2-4-12(8,9)10;;/h1-4H2,(H2,5,6,7)(H2,8,9,10);1H;/q;;+1/p-1. The van der Waals surface area contributed by atoms with Crippen LogP contribution in [0.25, 0.3) is 0 Å². The van der Waals surface area contributed by atoms with Gasteiger partial charge in [-0.3, -0.25) is 9.13 Å². The van der Waals surface area contributed by atoms with Gasteiger partial charge in [-0.05, 0) is 12.8 Å². The van der Waals surface area contributed by atoms with E-state index in [1.54, 1.807) is 0 Å². The summed E-state index contributed by atoms with van der Waals surface area (Å²) in [5.41, 5.74) is 0. The zero-order valence-corrected chi connectivity index (χ0v) is 14.2. The smallest absolute Gasteiger partial charge is 1.00 e. The van der Waals surface area contributed by atoms with E-state index < -0.39 is 15.2 Å². The quantitative estimate of drug-likeness (QED) is 0.226. The summed E-state index contributed by atoms with van der Waals surface area (Å²) in [5.74, 6) is 0. The molecule has 0 heterocycles. The van der Waals surface area contributed by atoms with E-state index in [-0.39, 0.29) is 93.5 Å². The number of hydrogen-bond donors (Lipinski definition) is 4. The maximum atomic E-state index is 10.3. The molecule has 0 amide bonds. The third-order valence-electron chi connectivity index (χ3n) is 1.15. The molecule has 82 valence electrons. The van der Waals surface area contributed by atoms with E-state index >= 15 is 0 Å². The summed E-state index contributed by atoms with van der Waals surface area (Å²) >= 11 is 0. The number of rotatable bonds is 5. The zero-order valence-electron chi connectivity index (χ0n) is 7.71. The monoisotopic (exact) mass is 336 g/mol. The largest absolute Gasteiger partial charge is 1.00 e. The Morgan fingerprint density at radius 1 is 0.786 bits per heavy atom. The van der Waals surface area contributed by atoms with Gasteiger partial charge in [0, 0.05) is 12.3 Å². The van der Waals surface area contributed by atoms with Crippen LogP contribution in [0.1, 0.15) is 12.8 Å². The van der Waals surface area contributed by atoms with Crippen molar-refractivity contribution in [3.63, 3.8) is 0 Å². The van der Waals surface area contributed by atoms with Crippen molar-refractivity contribution in [2.24, 2.45) is 0 Å². The summed E-state index contributed by atoms with van der Waals surface area (Å²) in [4.78, 5) is 33.5. The van der Waals surface area contributed by atoms with Crippen molar-refractivity contribution in [2.75, 3.05) is 12.3 Å². The van der Waals surface area contributed by atoms with Crippen LogP contribution in [0.4, 0.5) is 0 Å². The molecule has 0 saturated heterocycles. The fourth-order valence-electron chi connectivity index (χ4n) is 0.636. The maximum Gasteiger partial charge on any atom is 1.00 e. The maximum absolute atomic E-state index is 10.3. The third kappa shape index (κ3) is 19.9. The molecule has 0 spiro atoms. The molecule has 10 heteroatoms. The van der Waals surface area contributed by atoms with Gasteiger partial charge in [-0.2, -0.15) is 0 Å². The van der Waals surface area contributed by atoms with Gasteiger partial charge in [0.1, 0.15) is 0 Å². The van der Waals surface area contributed by atoms with Crippen molar-refractivity contribution in [1.82, 2.24) is 0 Å². The van der Waals surface area contributed by atoms with E-state index in [2.05, 4.69) is 0 Å². The van der Waals surface area contributed by atoms with Gasteiger partial charge in [0.05, 0.1) is 0 Å². The van der Waals surface area contributed by atoms with Crippen LogP contribution in [-0.2, 0) is 9.13 Å². The van der Waals surface area contributed by atoms with Crippen molar-refractivity contribution in [2.45, 2.75) is 12.8 Å². The minimum absolute atomic E-state index is 0. The van der Waals surface area contributed by atoms with E-state index in [1.807, 2.05) is 0 Å². The van der Waals surface area contributed by atoms with Crippen LogP contribution in [0, 0.1) is 0 Å². The predicted molar refractivity (Wildman–Crippen MR) is 43.1 cm³/mol. The van der Waals surface area contributed by atoms with Gasteiger partial charge < -0.3 is 36.6 Å². The number of halogens is 1. The summed E-state index contributed by atoms with van der Waals surface area (Å²) in [7, 11) is -8.00. The zero-order chi connectivity index (χ0) is 9.83. The second-order valence-electron chi connectivity index (χ2n) is 2.48. The Labute approximate surface area is 135 Å². The van der Waals surface area contributed by atoms with Crippen molar-refractivity contribution < 1.29 is 97.1 Å². The molecular weight excluding hydrogens is 325 g/mol. The summed E-state index contributed by atoms with van der Waals surface area (Å²) in [6, 6.07) is 0. The first-order valence-corrected chi connectivity index (χ1v) is 6.89. The molecule has 0 radical (unpaired) electrons. The molecule has 0 bridgehead atoms. The number of hydrogen-bond acceptors (Lipinski definition) is 2. The van der Waals surface area contributed by atoms with E-state index in [0.29, 0.717) is 0 Å². The molecule has 4 N–H and O–H groups in total. The van der Waals surface area contributed by atoms with Crippen LogP contribution in [-0.4, -0.2) is 31.9 Å². The third-order valence-corrected chi connectivity index (χ3v) is 2.95. The number of unbranched alkanes of at least 4 members (excludes halogenated alkanes) is 1. The fraction of sp³-hybridized carbons (Fsp3) is 1.00. The van der Waals surface area contributed by atoms with Crippen molar-refractivity contribution >= 4 is 15.2 Å². The fourth-order valence-corrected chi connectivity index (χ4v) is 1.91. The van der Waals surface area contributed by atoms with Crippen LogP contribution >= 0.6 is 15.2 Å². The Hall–Kier alpha value is 2.42. The molecule has 0 unspecified atom stereocenters. The topological polar surface area (TPSA) is 115 Å². The van der Waals surface area contributed by atoms with Gasteiger partial charge in [0.15, 0.2) is 0 Å². The van der Waals surface area contributed by atoms with Gasteiger partial charge in [0.2, 0.25) is 0 Å². The Balaban J connectivity index is -0.000000605. The molecular formula is C4H12BrKO6P2. The van der Waals surface area contributed by atoms with Crippen molar-refractivity contribution in [1.29, 1.82) is 0 Å². The Morgan fingerprint density at radius 3 is 1.14 bits per heavy atom. The second-order valence-corrected chi connectivity index (χ2v) is 6.04. The van der Waals surface area contributed by atoms with Crippen LogP contribution in [0.5, 0.6) is 0 Å².